The molecule has 4 N–H and O–H groups in total. The van der Waals surface area contributed by atoms with Crippen LogP contribution in [0.25, 0.3) is 0 Å². The second-order valence-electron chi connectivity index (χ2n) is 4.56. The minimum atomic E-state index is -0.445. The highest BCUT2D eigenvalue weighted by Crippen LogP contribution is 2.23. The van der Waals surface area contributed by atoms with Gasteiger partial charge < -0.3 is 16.4 Å². The normalized spacial score (nSPS) is 11.1. The minimum Gasteiger partial charge on any atom is -0.399 e. The number of benzene rings is 1. The molecule has 0 fully saturated rings. The molecular weight excluding hydrogens is 329 g/mol. The van der Waals surface area contributed by atoms with Crippen LogP contribution in [0.2, 0.25) is 0 Å². The Morgan fingerprint density at radius 3 is 2.65 bits per heavy atom. The summed E-state index contributed by atoms with van der Waals surface area (Å²) in [7, 11) is 1.65. The molecule has 1 aromatic carbocycles. The molecule has 94 valence electrons. The van der Waals surface area contributed by atoms with E-state index in [-0.39, 0.29) is 5.91 Å². The molecule has 0 radical (unpaired) electrons. The lowest BCUT2D eigenvalue weighted by Crippen LogP contribution is -2.39. The molecule has 1 aromatic rings. The Labute approximate surface area is 115 Å². The Balaban J connectivity index is 2.70. The maximum absolute atomic E-state index is 11.6. The van der Waals surface area contributed by atoms with E-state index < -0.39 is 5.41 Å². The number of carbonyl (C=O) groups is 1. The third kappa shape index (κ3) is 3.76. The third-order valence-electron chi connectivity index (χ3n) is 2.56. The van der Waals surface area contributed by atoms with Crippen molar-refractivity contribution in [3.05, 3.63) is 21.8 Å². The summed E-state index contributed by atoms with van der Waals surface area (Å²) in [5.74, 6) is 0.0236. The van der Waals surface area contributed by atoms with Crippen molar-refractivity contribution in [1.82, 2.24) is 5.32 Å². The molecule has 0 aliphatic heterocycles. The Morgan fingerprint density at radius 2 is 2.12 bits per heavy atom. The zero-order chi connectivity index (χ0) is 13.1. The number of amides is 1. The second kappa shape index (κ2) is 5.57. The van der Waals surface area contributed by atoms with Crippen LogP contribution < -0.4 is 16.4 Å². The monoisotopic (exact) mass is 347 g/mol. The van der Waals surface area contributed by atoms with Gasteiger partial charge in [0.15, 0.2) is 0 Å². The van der Waals surface area contributed by atoms with Crippen molar-refractivity contribution in [3.63, 3.8) is 0 Å². The largest absolute Gasteiger partial charge is 0.399 e. The standard InChI is InChI=1S/C12H18IN3O/c1-12(2,11(17)15-3)7-16-10-5-4-8(14)6-9(10)13/h4-6,16H,7,14H2,1-3H3,(H,15,17). The van der Waals surface area contributed by atoms with Gasteiger partial charge in [-0.25, -0.2) is 0 Å². The van der Waals surface area contributed by atoms with Crippen LogP contribution in [0.3, 0.4) is 0 Å². The number of nitrogens with one attached hydrogen (secondary N) is 2. The summed E-state index contributed by atoms with van der Waals surface area (Å²) in [4.78, 5) is 11.6. The first-order valence-corrected chi connectivity index (χ1v) is 6.46. The van der Waals surface area contributed by atoms with Crippen molar-refractivity contribution in [2.24, 2.45) is 5.41 Å². The van der Waals surface area contributed by atoms with Crippen LogP contribution in [0.1, 0.15) is 13.8 Å². The highest BCUT2D eigenvalue weighted by molar-refractivity contribution is 14.1. The van der Waals surface area contributed by atoms with Crippen LogP contribution in [-0.4, -0.2) is 19.5 Å². The first-order chi connectivity index (χ1) is 7.86. The number of nitrogen functional groups attached to an aromatic ring is 1. The van der Waals surface area contributed by atoms with E-state index in [9.17, 15) is 4.79 Å². The molecule has 0 atom stereocenters. The molecule has 1 rings (SSSR count). The topological polar surface area (TPSA) is 67.2 Å². The highest BCUT2D eigenvalue weighted by atomic mass is 127. The van der Waals surface area contributed by atoms with Crippen LogP contribution in [0.15, 0.2) is 18.2 Å². The summed E-state index contributed by atoms with van der Waals surface area (Å²) in [5, 5.41) is 5.94. The fraction of sp³-hybridized carbons (Fsp3) is 0.417. The average Bonchev–Trinajstić information content (AvgIpc) is 2.26. The summed E-state index contributed by atoms with van der Waals surface area (Å²) in [5.41, 5.74) is 6.98. The third-order valence-corrected chi connectivity index (χ3v) is 3.45. The Morgan fingerprint density at radius 1 is 1.47 bits per heavy atom. The zero-order valence-corrected chi connectivity index (χ0v) is 12.5. The maximum Gasteiger partial charge on any atom is 0.227 e. The molecule has 5 heteroatoms. The molecule has 17 heavy (non-hydrogen) atoms. The van der Waals surface area contributed by atoms with Crippen molar-refractivity contribution in [3.8, 4) is 0 Å². The summed E-state index contributed by atoms with van der Waals surface area (Å²) in [6.45, 7) is 4.39. The van der Waals surface area contributed by atoms with Crippen molar-refractivity contribution >= 4 is 39.9 Å². The van der Waals surface area contributed by atoms with E-state index in [1.54, 1.807) is 7.05 Å². The van der Waals surface area contributed by atoms with Crippen LogP contribution in [0.5, 0.6) is 0 Å². The number of anilines is 2. The van der Waals surface area contributed by atoms with Crippen LogP contribution >= 0.6 is 22.6 Å². The van der Waals surface area contributed by atoms with Crippen LogP contribution in [0.4, 0.5) is 11.4 Å². The van der Waals surface area contributed by atoms with E-state index in [1.807, 2.05) is 32.0 Å². The van der Waals surface area contributed by atoms with Gasteiger partial charge >= 0.3 is 0 Å². The summed E-state index contributed by atoms with van der Waals surface area (Å²) >= 11 is 2.22. The molecular formula is C12H18IN3O. The molecule has 0 saturated carbocycles. The smallest absolute Gasteiger partial charge is 0.227 e. The number of hydrogen-bond acceptors (Lipinski definition) is 3. The van der Waals surface area contributed by atoms with Gasteiger partial charge in [0.05, 0.1) is 5.41 Å². The molecule has 0 aliphatic rings. The molecule has 4 nitrogen and oxygen atoms in total. The summed E-state index contributed by atoms with van der Waals surface area (Å²) in [6, 6.07) is 5.67. The predicted molar refractivity (Wildman–Crippen MR) is 79.9 cm³/mol. The lowest BCUT2D eigenvalue weighted by Gasteiger charge is -2.23. The van der Waals surface area contributed by atoms with E-state index in [1.165, 1.54) is 0 Å². The van der Waals surface area contributed by atoms with Crippen LogP contribution in [0, 0.1) is 8.99 Å². The second-order valence-corrected chi connectivity index (χ2v) is 5.72. The van der Waals surface area contributed by atoms with Crippen molar-refractivity contribution < 1.29 is 4.79 Å². The quantitative estimate of drug-likeness (QED) is 0.577. The van der Waals surface area contributed by atoms with E-state index in [0.717, 1.165) is 14.9 Å². The van der Waals surface area contributed by atoms with Crippen molar-refractivity contribution in [1.29, 1.82) is 0 Å². The van der Waals surface area contributed by atoms with E-state index in [2.05, 4.69) is 33.2 Å². The van der Waals surface area contributed by atoms with Gasteiger partial charge in [0, 0.05) is 28.5 Å². The van der Waals surface area contributed by atoms with Gasteiger partial charge in [-0.1, -0.05) is 0 Å². The number of carbonyl (C=O) groups excluding carboxylic acids is 1. The summed E-state index contributed by atoms with van der Waals surface area (Å²) in [6.07, 6.45) is 0. The lowest BCUT2D eigenvalue weighted by atomic mass is 9.92. The number of nitrogens with two attached hydrogens (primary N) is 1. The van der Waals surface area contributed by atoms with Gasteiger partial charge in [0.1, 0.15) is 0 Å². The molecule has 1 amide bonds. The fourth-order valence-electron chi connectivity index (χ4n) is 1.41. The lowest BCUT2D eigenvalue weighted by molar-refractivity contribution is -0.128. The molecule has 0 spiro atoms. The first kappa shape index (κ1) is 14.1. The fourth-order valence-corrected chi connectivity index (χ4v) is 2.14. The molecule has 0 heterocycles. The Hall–Kier alpha value is -0.980. The number of hydrogen-bond donors (Lipinski definition) is 3. The predicted octanol–water partition coefficient (Wildman–Crippen LogP) is 2.06. The molecule has 0 aromatic heterocycles. The van der Waals surface area contributed by atoms with E-state index >= 15 is 0 Å². The minimum absolute atomic E-state index is 0.0236. The Bertz CT molecular complexity index is 418. The van der Waals surface area contributed by atoms with Gasteiger partial charge in [0.2, 0.25) is 5.91 Å². The molecule has 0 unspecified atom stereocenters. The van der Waals surface area contributed by atoms with E-state index in [0.29, 0.717) is 6.54 Å². The number of halogens is 1. The Kier molecular flexibility index (Phi) is 4.62. The molecule has 0 saturated heterocycles. The van der Waals surface area contributed by atoms with Crippen molar-refractivity contribution in [2.75, 3.05) is 24.6 Å². The zero-order valence-electron chi connectivity index (χ0n) is 10.3. The average molecular weight is 347 g/mol. The molecule has 0 bridgehead atoms. The van der Waals surface area contributed by atoms with Gasteiger partial charge in [-0.05, 0) is 54.6 Å². The molecule has 0 aliphatic carbocycles. The van der Waals surface area contributed by atoms with Gasteiger partial charge in [0.25, 0.3) is 0 Å². The summed E-state index contributed by atoms with van der Waals surface area (Å²) < 4.78 is 1.05. The van der Waals surface area contributed by atoms with Crippen LogP contribution in [-0.2, 0) is 4.79 Å². The number of rotatable bonds is 4. The SMILES string of the molecule is CNC(=O)C(C)(C)CNc1ccc(N)cc1I. The van der Waals surface area contributed by atoms with Gasteiger partial charge in [-0.15, -0.1) is 0 Å². The van der Waals surface area contributed by atoms with E-state index in [4.69, 9.17) is 5.73 Å². The van der Waals surface area contributed by atoms with Crippen molar-refractivity contribution in [2.45, 2.75) is 13.8 Å². The van der Waals surface area contributed by atoms with Gasteiger partial charge in [-0.3, -0.25) is 4.79 Å². The van der Waals surface area contributed by atoms with Gasteiger partial charge in [-0.2, -0.15) is 0 Å². The maximum atomic E-state index is 11.6. The first-order valence-electron chi connectivity index (χ1n) is 5.38. The highest BCUT2D eigenvalue weighted by Gasteiger charge is 2.26.